The molecule has 1 aromatic heterocycles. The van der Waals surface area contributed by atoms with Crippen LogP contribution in [0.25, 0.3) is 0 Å². The number of nitrogens with one attached hydrogen (secondary N) is 1. The summed E-state index contributed by atoms with van der Waals surface area (Å²) in [5.74, 6) is -5.00. The SMILES string of the molecule is C[C@H](NC(=O)c1c(C(F)F)nn(C)c1Oc1ccc(F)cc1F)c1ccc(C(=O)O)cc1. The lowest BCUT2D eigenvalue weighted by Crippen LogP contribution is -2.27. The lowest BCUT2D eigenvalue weighted by molar-refractivity contribution is 0.0696. The molecule has 1 atom stereocenters. The molecule has 7 nitrogen and oxygen atoms in total. The molecule has 3 aromatic rings. The molecule has 2 N–H and O–H groups in total. The third-order valence-corrected chi connectivity index (χ3v) is 4.56. The maximum absolute atomic E-state index is 14.0. The number of carbonyl (C=O) groups is 2. The summed E-state index contributed by atoms with van der Waals surface area (Å²) in [6.07, 6.45) is -3.14. The Labute approximate surface area is 179 Å². The highest BCUT2D eigenvalue weighted by atomic mass is 19.3. The summed E-state index contributed by atoms with van der Waals surface area (Å²) >= 11 is 0. The number of carboxylic acid groups (broad SMARTS) is 1. The van der Waals surface area contributed by atoms with E-state index in [0.29, 0.717) is 11.6 Å². The average molecular weight is 451 g/mol. The quantitative estimate of drug-likeness (QED) is 0.512. The van der Waals surface area contributed by atoms with Crippen LogP contribution in [0.3, 0.4) is 0 Å². The number of rotatable bonds is 7. The zero-order valence-electron chi connectivity index (χ0n) is 16.8. The maximum Gasteiger partial charge on any atom is 0.335 e. The second-order valence-electron chi connectivity index (χ2n) is 6.79. The molecule has 0 unspecified atom stereocenters. The van der Waals surface area contributed by atoms with Crippen LogP contribution in [0, 0.1) is 11.6 Å². The number of hydrogen-bond donors (Lipinski definition) is 2. The number of hydrogen-bond acceptors (Lipinski definition) is 4. The van der Waals surface area contributed by atoms with Gasteiger partial charge in [-0.15, -0.1) is 0 Å². The first kappa shape index (κ1) is 22.8. The zero-order chi connectivity index (χ0) is 23.6. The Hall–Kier alpha value is -3.89. The van der Waals surface area contributed by atoms with Crippen molar-refractivity contribution in [3.63, 3.8) is 0 Å². The van der Waals surface area contributed by atoms with Crippen LogP contribution in [0.15, 0.2) is 42.5 Å². The summed E-state index contributed by atoms with van der Waals surface area (Å²) in [4.78, 5) is 23.8. The highest BCUT2D eigenvalue weighted by Gasteiger charge is 2.31. The fraction of sp³-hybridized carbons (Fsp3) is 0.190. The van der Waals surface area contributed by atoms with Crippen molar-refractivity contribution >= 4 is 11.9 Å². The molecule has 0 saturated carbocycles. The van der Waals surface area contributed by atoms with E-state index in [1.807, 2.05) is 0 Å². The predicted octanol–water partition coefficient (Wildman–Crippen LogP) is 4.62. The van der Waals surface area contributed by atoms with Gasteiger partial charge in [0.15, 0.2) is 11.6 Å². The molecule has 3 rings (SSSR count). The van der Waals surface area contributed by atoms with Gasteiger partial charge in [0.25, 0.3) is 12.3 Å². The molecule has 1 heterocycles. The standard InChI is InChI=1S/C21H17F4N3O4/c1-10(11-3-5-12(6-4-11)21(30)31)26-19(29)16-17(18(24)25)27-28(2)20(16)32-15-8-7-13(22)9-14(15)23/h3-10,18H,1-2H3,(H,26,29)(H,30,31)/t10-/m0/s1. The summed E-state index contributed by atoms with van der Waals surface area (Å²) in [6, 6.07) is 7.31. The highest BCUT2D eigenvalue weighted by molar-refractivity contribution is 5.98. The fourth-order valence-electron chi connectivity index (χ4n) is 2.94. The lowest BCUT2D eigenvalue weighted by Gasteiger charge is -2.16. The van der Waals surface area contributed by atoms with Gasteiger partial charge in [0.2, 0.25) is 5.88 Å². The molecule has 168 valence electrons. The second-order valence-corrected chi connectivity index (χ2v) is 6.79. The maximum atomic E-state index is 14.0. The number of ether oxygens (including phenoxy) is 1. The van der Waals surface area contributed by atoms with E-state index < -0.39 is 58.9 Å². The van der Waals surface area contributed by atoms with Gasteiger partial charge in [-0.05, 0) is 36.8 Å². The number of aromatic nitrogens is 2. The number of amides is 1. The Morgan fingerprint density at radius 1 is 1.12 bits per heavy atom. The topological polar surface area (TPSA) is 93.5 Å². The Balaban J connectivity index is 1.92. The number of benzene rings is 2. The van der Waals surface area contributed by atoms with Crippen LogP contribution >= 0.6 is 0 Å². The number of carbonyl (C=O) groups excluding carboxylic acids is 1. The number of nitrogens with zero attached hydrogens (tertiary/aromatic N) is 2. The minimum atomic E-state index is -3.14. The molecule has 0 radical (unpaired) electrons. The van der Waals surface area contributed by atoms with Crippen LogP contribution in [0.5, 0.6) is 11.6 Å². The van der Waals surface area contributed by atoms with Gasteiger partial charge < -0.3 is 15.2 Å². The van der Waals surface area contributed by atoms with Crippen molar-refractivity contribution < 1.29 is 37.0 Å². The predicted molar refractivity (Wildman–Crippen MR) is 104 cm³/mol. The van der Waals surface area contributed by atoms with E-state index in [1.165, 1.54) is 31.3 Å². The first-order valence-electron chi connectivity index (χ1n) is 9.20. The molecule has 0 fully saturated rings. The lowest BCUT2D eigenvalue weighted by atomic mass is 10.1. The summed E-state index contributed by atoms with van der Waals surface area (Å²) in [6.45, 7) is 1.56. The van der Waals surface area contributed by atoms with Crippen LogP contribution in [-0.2, 0) is 7.05 Å². The smallest absolute Gasteiger partial charge is 0.335 e. The summed E-state index contributed by atoms with van der Waals surface area (Å²) < 4.78 is 60.4. The molecule has 1 amide bonds. The van der Waals surface area contributed by atoms with Crippen molar-refractivity contribution in [2.75, 3.05) is 0 Å². The molecule has 2 aromatic carbocycles. The van der Waals surface area contributed by atoms with Crippen molar-refractivity contribution in [1.82, 2.24) is 15.1 Å². The number of alkyl halides is 2. The van der Waals surface area contributed by atoms with Gasteiger partial charge in [-0.2, -0.15) is 5.10 Å². The molecule has 0 saturated heterocycles. The first-order chi connectivity index (χ1) is 15.1. The van der Waals surface area contributed by atoms with Crippen LogP contribution < -0.4 is 10.1 Å². The van der Waals surface area contributed by atoms with Gasteiger partial charge in [0.1, 0.15) is 17.1 Å². The first-order valence-corrected chi connectivity index (χ1v) is 9.20. The van der Waals surface area contributed by atoms with Gasteiger partial charge in [0, 0.05) is 13.1 Å². The molecule has 0 spiro atoms. The van der Waals surface area contributed by atoms with Crippen LogP contribution in [0.1, 0.15) is 51.4 Å². The third-order valence-electron chi connectivity index (χ3n) is 4.56. The summed E-state index contributed by atoms with van der Waals surface area (Å²) in [7, 11) is 1.23. The highest BCUT2D eigenvalue weighted by Crippen LogP contribution is 2.34. The van der Waals surface area contributed by atoms with Crippen molar-refractivity contribution in [3.05, 3.63) is 76.5 Å². The van der Waals surface area contributed by atoms with E-state index in [4.69, 9.17) is 9.84 Å². The molecular weight excluding hydrogens is 434 g/mol. The Morgan fingerprint density at radius 3 is 2.34 bits per heavy atom. The normalized spacial score (nSPS) is 12.0. The molecule has 0 aliphatic heterocycles. The second kappa shape index (κ2) is 9.08. The Morgan fingerprint density at radius 2 is 1.78 bits per heavy atom. The monoisotopic (exact) mass is 451 g/mol. The van der Waals surface area contributed by atoms with Gasteiger partial charge in [0.05, 0.1) is 11.6 Å². The van der Waals surface area contributed by atoms with E-state index in [2.05, 4.69) is 10.4 Å². The minimum Gasteiger partial charge on any atom is -0.478 e. The molecule has 11 heteroatoms. The van der Waals surface area contributed by atoms with E-state index >= 15 is 0 Å². The van der Waals surface area contributed by atoms with E-state index in [0.717, 1.165) is 16.8 Å². The summed E-state index contributed by atoms with van der Waals surface area (Å²) in [5, 5.41) is 15.1. The van der Waals surface area contributed by atoms with Crippen molar-refractivity contribution in [2.24, 2.45) is 7.05 Å². The minimum absolute atomic E-state index is 0.0385. The summed E-state index contributed by atoms with van der Waals surface area (Å²) in [5.41, 5.74) is -0.939. The van der Waals surface area contributed by atoms with Crippen LogP contribution in [0.2, 0.25) is 0 Å². The molecule has 0 aliphatic rings. The van der Waals surface area contributed by atoms with Crippen LogP contribution in [-0.4, -0.2) is 26.8 Å². The van der Waals surface area contributed by atoms with E-state index in [1.54, 1.807) is 6.92 Å². The Bertz CT molecular complexity index is 1160. The molecule has 0 aliphatic carbocycles. The van der Waals surface area contributed by atoms with E-state index in [-0.39, 0.29) is 5.56 Å². The average Bonchev–Trinajstić information content (AvgIpc) is 3.06. The number of aromatic carboxylic acids is 1. The molecule has 32 heavy (non-hydrogen) atoms. The number of aryl methyl sites for hydroxylation is 1. The number of halogens is 4. The van der Waals surface area contributed by atoms with Gasteiger partial charge in [-0.25, -0.2) is 27.0 Å². The number of carboxylic acids is 1. The van der Waals surface area contributed by atoms with E-state index in [9.17, 15) is 27.2 Å². The van der Waals surface area contributed by atoms with Crippen molar-refractivity contribution in [1.29, 1.82) is 0 Å². The van der Waals surface area contributed by atoms with Gasteiger partial charge in [-0.1, -0.05) is 12.1 Å². The van der Waals surface area contributed by atoms with Crippen molar-refractivity contribution in [2.45, 2.75) is 19.4 Å². The van der Waals surface area contributed by atoms with Crippen LogP contribution in [0.4, 0.5) is 17.6 Å². The Kier molecular flexibility index (Phi) is 6.47. The fourth-order valence-corrected chi connectivity index (χ4v) is 2.94. The van der Waals surface area contributed by atoms with Crippen molar-refractivity contribution in [3.8, 4) is 11.6 Å². The van der Waals surface area contributed by atoms with Gasteiger partial charge in [-0.3, -0.25) is 4.79 Å². The molecular formula is C21H17F4N3O4. The largest absolute Gasteiger partial charge is 0.478 e. The van der Waals surface area contributed by atoms with Gasteiger partial charge >= 0.3 is 5.97 Å². The molecule has 0 bridgehead atoms. The zero-order valence-corrected chi connectivity index (χ0v) is 16.8. The third kappa shape index (κ3) is 4.71.